The van der Waals surface area contributed by atoms with E-state index < -0.39 is 0 Å². The van der Waals surface area contributed by atoms with Crippen LogP contribution >= 0.6 is 0 Å². The zero-order chi connectivity index (χ0) is 25.5. The number of aryl methyl sites for hydroxylation is 2. The molecule has 9 nitrogen and oxygen atoms in total. The first-order chi connectivity index (χ1) is 17.5. The van der Waals surface area contributed by atoms with Crippen molar-refractivity contribution in [2.75, 3.05) is 52.4 Å². The molecular weight excluding hydrogens is 456 g/mol. The van der Waals surface area contributed by atoms with E-state index in [0.29, 0.717) is 12.5 Å². The molecule has 36 heavy (non-hydrogen) atoms. The Morgan fingerprint density at radius 2 is 1.58 bits per heavy atom. The summed E-state index contributed by atoms with van der Waals surface area (Å²) in [7, 11) is 5.01. The molecule has 2 heterocycles. The first kappa shape index (κ1) is 25.8. The molecule has 0 aliphatic carbocycles. The van der Waals surface area contributed by atoms with Gasteiger partial charge in [0.1, 0.15) is 5.75 Å². The molecule has 0 spiro atoms. The Hall–Kier alpha value is -3.33. The number of piperazine rings is 1. The standard InChI is InChI=1S/C27H38N6O3/c1-20(2)18-24(32-16-14-31(15-17-32)22-7-9-23(34-3)10-8-22)27-28-29-30-33(27)13-12-21-6-11-25(35-4)26(19-21)36-5/h6-11,19-20,24H,12-18H2,1-5H3/t24-/m0/s1. The van der Waals surface area contributed by atoms with Crippen LogP contribution in [0.25, 0.3) is 0 Å². The van der Waals surface area contributed by atoms with Crippen molar-refractivity contribution in [2.24, 2.45) is 5.92 Å². The number of ether oxygens (including phenoxy) is 3. The number of anilines is 1. The van der Waals surface area contributed by atoms with Gasteiger partial charge >= 0.3 is 0 Å². The largest absolute Gasteiger partial charge is 0.497 e. The molecule has 1 fully saturated rings. The summed E-state index contributed by atoms with van der Waals surface area (Å²) in [5.41, 5.74) is 2.39. The maximum atomic E-state index is 5.46. The van der Waals surface area contributed by atoms with E-state index in [1.807, 2.05) is 28.9 Å². The highest BCUT2D eigenvalue weighted by Gasteiger charge is 2.30. The van der Waals surface area contributed by atoms with Gasteiger partial charge in [0, 0.05) is 38.4 Å². The van der Waals surface area contributed by atoms with Crippen molar-refractivity contribution in [1.82, 2.24) is 25.1 Å². The van der Waals surface area contributed by atoms with Crippen molar-refractivity contribution >= 4 is 5.69 Å². The van der Waals surface area contributed by atoms with E-state index in [1.165, 1.54) is 5.69 Å². The topological polar surface area (TPSA) is 77.8 Å². The molecule has 0 bridgehead atoms. The minimum atomic E-state index is 0.184. The third kappa shape index (κ3) is 6.07. The van der Waals surface area contributed by atoms with Gasteiger partial charge < -0.3 is 19.1 Å². The van der Waals surface area contributed by atoms with Crippen molar-refractivity contribution in [3.63, 3.8) is 0 Å². The van der Waals surface area contributed by atoms with Gasteiger partial charge in [0.25, 0.3) is 0 Å². The monoisotopic (exact) mass is 494 g/mol. The fourth-order valence-electron chi connectivity index (χ4n) is 4.83. The average molecular weight is 495 g/mol. The Bertz CT molecular complexity index is 1090. The second-order valence-electron chi connectivity index (χ2n) is 9.57. The van der Waals surface area contributed by atoms with Crippen LogP contribution in [0.4, 0.5) is 5.69 Å². The third-order valence-corrected chi connectivity index (χ3v) is 6.81. The highest BCUT2D eigenvalue weighted by atomic mass is 16.5. The number of benzene rings is 2. The molecular formula is C27H38N6O3. The van der Waals surface area contributed by atoms with Crippen molar-refractivity contribution in [1.29, 1.82) is 0 Å². The summed E-state index contributed by atoms with van der Waals surface area (Å²) in [5.74, 6) is 3.83. The number of methoxy groups -OCH3 is 3. The number of rotatable bonds is 11. The van der Waals surface area contributed by atoms with Crippen LogP contribution in [-0.4, -0.2) is 72.6 Å². The number of hydrogen-bond acceptors (Lipinski definition) is 8. The van der Waals surface area contributed by atoms with E-state index >= 15 is 0 Å². The third-order valence-electron chi connectivity index (χ3n) is 6.81. The average Bonchev–Trinajstić information content (AvgIpc) is 3.38. The van der Waals surface area contributed by atoms with Crippen LogP contribution in [-0.2, 0) is 13.0 Å². The summed E-state index contributed by atoms with van der Waals surface area (Å²) in [4.78, 5) is 4.97. The summed E-state index contributed by atoms with van der Waals surface area (Å²) in [6, 6.07) is 14.5. The lowest BCUT2D eigenvalue weighted by Gasteiger charge is -2.40. The lowest BCUT2D eigenvalue weighted by Crippen LogP contribution is -2.48. The molecule has 0 saturated carbocycles. The predicted molar refractivity (Wildman–Crippen MR) is 140 cm³/mol. The van der Waals surface area contributed by atoms with E-state index in [2.05, 4.69) is 57.4 Å². The van der Waals surface area contributed by atoms with Gasteiger partial charge in [-0.05, 0) is 71.1 Å². The second-order valence-corrected chi connectivity index (χ2v) is 9.57. The summed E-state index contributed by atoms with van der Waals surface area (Å²) in [5, 5.41) is 12.9. The molecule has 1 aromatic heterocycles. The number of aromatic nitrogens is 4. The predicted octanol–water partition coefficient (Wildman–Crippen LogP) is 3.85. The first-order valence-electron chi connectivity index (χ1n) is 12.6. The highest BCUT2D eigenvalue weighted by molar-refractivity contribution is 5.49. The molecule has 194 valence electrons. The van der Waals surface area contributed by atoms with Crippen molar-refractivity contribution in [3.8, 4) is 17.2 Å². The quantitative estimate of drug-likeness (QED) is 0.398. The summed E-state index contributed by atoms with van der Waals surface area (Å²) >= 11 is 0. The van der Waals surface area contributed by atoms with E-state index in [9.17, 15) is 0 Å². The summed E-state index contributed by atoms with van der Waals surface area (Å²) in [6.07, 6.45) is 1.82. The molecule has 2 aromatic carbocycles. The zero-order valence-corrected chi connectivity index (χ0v) is 22.1. The molecule has 9 heteroatoms. The Morgan fingerprint density at radius 3 is 2.22 bits per heavy atom. The lowest BCUT2D eigenvalue weighted by atomic mass is 10.0. The van der Waals surface area contributed by atoms with Gasteiger partial charge in [0.05, 0.1) is 27.4 Å². The number of nitrogens with zero attached hydrogens (tertiary/aromatic N) is 6. The van der Waals surface area contributed by atoms with E-state index in [4.69, 9.17) is 14.2 Å². The Balaban J connectivity index is 1.44. The SMILES string of the molecule is COc1ccc(N2CCN([C@@H](CC(C)C)c3nnnn3CCc3ccc(OC)c(OC)c3)CC2)cc1. The van der Waals surface area contributed by atoms with Crippen molar-refractivity contribution in [2.45, 2.75) is 39.3 Å². The van der Waals surface area contributed by atoms with Crippen LogP contribution in [0.5, 0.6) is 17.2 Å². The van der Waals surface area contributed by atoms with Crippen LogP contribution in [0.15, 0.2) is 42.5 Å². The van der Waals surface area contributed by atoms with Crippen LogP contribution in [0, 0.1) is 5.92 Å². The minimum absolute atomic E-state index is 0.184. The molecule has 0 N–H and O–H groups in total. The highest BCUT2D eigenvalue weighted by Crippen LogP contribution is 2.30. The molecule has 1 aliphatic heterocycles. The zero-order valence-electron chi connectivity index (χ0n) is 22.1. The van der Waals surface area contributed by atoms with Gasteiger partial charge in [-0.2, -0.15) is 0 Å². The maximum Gasteiger partial charge on any atom is 0.168 e. The molecule has 1 aliphatic rings. The molecule has 0 unspecified atom stereocenters. The number of tetrazole rings is 1. The van der Waals surface area contributed by atoms with Crippen LogP contribution < -0.4 is 19.1 Å². The smallest absolute Gasteiger partial charge is 0.168 e. The second kappa shape index (κ2) is 12.1. The maximum absolute atomic E-state index is 5.46. The van der Waals surface area contributed by atoms with Gasteiger partial charge in [-0.3, -0.25) is 4.90 Å². The first-order valence-corrected chi connectivity index (χ1v) is 12.6. The van der Waals surface area contributed by atoms with Gasteiger partial charge in [-0.15, -0.1) is 5.10 Å². The van der Waals surface area contributed by atoms with Crippen LogP contribution in [0.2, 0.25) is 0 Å². The van der Waals surface area contributed by atoms with E-state index in [0.717, 1.165) is 67.7 Å². The van der Waals surface area contributed by atoms with Gasteiger partial charge in [0.2, 0.25) is 0 Å². The normalized spacial score (nSPS) is 15.2. The van der Waals surface area contributed by atoms with E-state index in [1.54, 1.807) is 21.3 Å². The number of hydrogen-bond donors (Lipinski definition) is 0. The molecule has 1 saturated heterocycles. The van der Waals surface area contributed by atoms with Crippen LogP contribution in [0.3, 0.4) is 0 Å². The lowest BCUT2D eigenvalue weighted by molar-refractivity contribution is 0.152. The van der Waals surface area contributed by atoms with Gasteiger partial charge in [-0.25, -0.2) is 4.68 Å². The van der Waals surface area contributed by atoms with Crippen molar-refractivity contribution in [3.05, 3.63) is 53.9 Å². The van der Waals surface area contributed by atoms with Crippen molar-refractivity contribution < 1.29 is 14.2 Å². The van der Waals surface area contributed by atoms with Crippen LogP contribution in [0.1, 0.15) is 37.7 Å². The molecule has 4 rings (SSSR count). The fourth-order valence-corrected chi connectivity index (χ4v) is 4.83. The summed E-state index contributed by atoms with van der Waals surface area (Å²) < 4.78 is 18.1. The molecule has 1 atom stereocenters. The van der Waals surface area contributed by atoms with Gasteiger partial charge in [-0.1, -0.05) is 19.9 Å². The van der Waals surface area contributed by atoms with Gasteiger partial charge in [0.15, 0.2) is 17.3 Å². The molecule has 3 aromatic rings. The van der Waals surface area contributed by atoms with E-state index in [-0.39, 0.29) is 6.04 Å². The molecule has 0 radical (unpaired) electrons. The minimum Gasteiger partial charge on any atom is -0.497 e. The molecule has 0 amide bonds. The Labute approximate surface area is 213 Å². The Morgan fingerprint density at radius 1 is 0.861 bits per heavy atom. The fraction of sp³-hybridized carbons (Fsp3) is 0.519. The Kier molecular flexibility index (Phi) is 8.64. The summed E-state index contributed by atoms with van der Waals surface area (Å²) in [6.45, 7) is 9.09.